The van der Waals surface area contributed by atoms with Gasteiger partial charge in [-0.15, -0.1) is 34.0 Å². The number of fused-ring (bicyclic) bond motifs is 6. The van der Waals surface area contributed by atoms with E-state index in [0.717, 1.165) is 69.7 Å². The molecule has 4 aromatic carbocycles. The molecule has 2 heterocycles. The van der Waals surface area contributed by atoms with Gasteiger partial charge in [-0.25, -0.2) is 22.1 Å². The third-order valence-electron chi connectivity index (χ3n) is 12.0. The van der Waals surface area contributed by atoms with Gasteiger partial charge in [-0.1, -0.05) is 55.0 Å². The molecule has 0 radical (unpaired) electrons. The number of allylic oxidation sites excluding steroid dienone is 8. The number of carboxylic acid groups (broad SMARTS) is 1. The third kappa shape index (κ3) is 12.0. The number of rotatable bonds is 14. The number of benzene rings is 4. The minimum Gasteiger partial charge on any atom is -0.752 e. The number of hydrogen-bond donors (Lipinski definition) is 2. The monoisotopic (exact) mass is 1000 g/mol. The summed E-state index contributed by atoms with van der Waals surface area (Å²) < 4.78 is 80.1. The van der Waals surface area contributed by atoms with Crippen molar-refractivity contribution in [3.05, 3.63) is 113 Å². The molecule has 0 bridgehead atoms. The number of unbranched alkanes of at least 4 members (excludes halogenated alkanes) is 2. The molecule has 19 heteroatoms. The van der Waals surface area contributed by atoms with Gasteiger partial charge in [-0.05, 0) is 109 Å². The first-order valence-corrected chi connectivity index (χ1v) is 23.4. The van der Waals surface area contributed by atoms with Crippen LogP contribution in [0.25, 0.3) is 21.5 Å². The van der Waals surface area contributed by atoms with Crippen molar-refractivity contribution in [1.82, 2.24) is 0 Å². The second kappa shape index (κ2) is 23.0. The summed E-state index contributed by atoms with van der Waals surface area (Å²) in [6.45, 7) is 8.81. The molecule has 13 nitrogen and oxygen atoms in total. The molecule has 322 valence electrons. The first-order chi connectivity index (χ1) is 28.7. The Kier molecular flexibility index (Phi) is 20.4. The number of nitrogens with zero attached hydrogens (tertiary/aromatic N) is 2. The first-order valence-electron chi connectivity index (χ1n) is 19.8. The molecule has 4 aromatic rings. The second-order valence-electron chi connectivity index (χ2n) is 16.6. The Hall–Kier alpha value is 0.259. The van der Waals surface area contributed by atoms with Gasteiger partial charge in [0.05, 0.1) is 32.5 Å². The second-order valence-corrected chi connectivity index (χ2v) is 20.1. The quantitative estimate of drug-likeness (QED) is 0.0250. The van der Waals surface area contributed by atoms with E-state index in [1.807, 2.05) is 39.1 Å². The molecular weight excluding hydrogens is 958 g/mol. The van der Waals surface area contributed by atoms with Gasteiger partial charge in [0.1, 0.15) is 17.2 Å². The fourth-order valence-corrected chi connectivity index (χ4v) is 10.9. The van der Waals surface area contributed by atoms with Gasteiger partial charge >= 0.3 is 160 Å². The molecule has 0 saturated carbocycles. The maximum atomic E-state index is 12.5. The van der Waals surface area contributed by atoms with E-state index < -0.39 is 41.9 Å². The molecule has 0 aromatic heterocycles. The van der Waals surface area contributed by atoms with Gasteiger partial charge in [0.2, 0.25) is 0 Å². The summed E-state index contributed by atoms with van der Waals surface area (Å²) in [4.78, 5) is 12.9. The molecule has 64 heavy (non-hydrogen) atoms. The van der Waals surface area contributed by atoms with E-state index in [4.69, 9.17) is 5.26 Å². The van der Waals surface area contributed by atoms with Crippen LogP contribution in [-0.2, 0) is 45.2 Å². The van der Waals surface area contributed by atoms with Crippen LogP contribution in [0.2, 0.25) is 0 Å². The maximum absolute atomic E-state index is 12.5. The number of carbonyl (C=O) groups is 1. The van der Waals surface area contributed by atoms with E-state index in [9.17, 15) is 35.8 Å². The van der Waals surface area contributed by atoms with Crippen LogP contribution < -0.4 is 159 Å². The molecule has 2 N–H and O–H groups in total. The molecule has 2 aliphatic heterocycles. The molecule has 7 rings (SSSR count). The van der Waals surface area contributed by atoms with Crippen molar-refractivity contribution in [3.8, 4) is 0 Å². The van der Waals surface area contributed by atoms with Crippen molar-refractivity contribution in [2.24, 2.45) is 0 Å². The average Bonchev–Trinajstić information content (AvgIpc) is 3.54. The molecule has 0 atom stereocenters. The van der Waals surface area contributed by atoms with Gasteiger partial charge in [0.15, 0.2) is 11.4 Å². The summed E-state index contributed by atoms with van der Waals surface area (Å²) in [5, 5.41) is 23.9. The molecule has 3 aliphatic rings. The molecule has 0 amide bonds. The van der Waals surface area contributed by atoms with Crippen LogP contribution in [0.3, 0.4) is 0 Å². The van der Waals surface area contributed by atoms with E-state index in [0.29, 0.717) is 48.6 Å². The Morgan fingerprint density at radius 2 is 1.62 bits per heavy atom. The molecule has 0 unspecified atom stereocenters. The van der Waals surface area contributed by atoms with Crippen LogP contribution in [0.15, 0.2) is 110 Å². The molecule has 0 saturated heterocycles. The molecular formula is C45H46K3N2O11S3+. The Labute approximate surface area is 506 Å². The molecule has 1 aliphatic carbocycles. The summed E-state index contributed by atoms with van der Waals surface area (Å²) in [6.07, 6.45) is 15.2. The average molecular weight is 1000 g/mol. The standard InChI is InChI=1S/C45H48N2O11S3.3K/c1-44(2)39(46(5)36-19-16-30-15-17-32(60(51,52)53)27-34(30)42(36)44)21-13-28-10-9-11-29(24-28)14-22-40-45(3,4)43-35-25-31(59-58-57-50)26-38(61(54,55)56)33(35)18-20-37(43)47(40)23-8-6-7-12-41(48)49;;;/h13-14,16-22,24-27,50H,6-12,23H2,1-5H3,(H,48,49)(H,51,52,53)(H,54,55,56);;;/q;3*+1/p-2. The Morgan fingerprint density at radius 3 is 2.30 bits per heavy atom. The van der Waals surface area contributed by atoms with Crippen LogP contribution in [0.5, 0.6) is 0 Å². The van der Waals surface area contributed by atoms with Crippen molar-refractivity contribution in [3.63, 3.8) is 0 Å². The smallest absolute Gasteiger partial charge is 0.752 e. The Balaban J connectivity index is 0.00000299. The number of anilines is 1. The van der Waals surface area contributed by atoms with E-state index in [-0.39, 0.29) is 176 Å². The fraction of sp³-hybridized carbons (Fsp3) is 0.333. The van der Waals surface area contributed by atoms with E-state index in [1.165, 1.54) is 18.2 Å². The zero-order valence-corrected chi connectivity index (χ0v) is 49.2. The number of aliphatic carboxylic acids is 1. The summed E-state index contributed by atoms with van der Waals surface area (Å²) in [5.74, 6) is -0.848. The van der Waals surface area contributed by atoms with Crippen molar-refractivity contribution in [2.75, 3.05) is 18.5 Å². The van der Waals surface area contributed by atoms with Crippen LogP contribution >= 0.6 is 12.0 Å². The Bertz CT molecular complexity index is 2870. The van der Waals surface area contributed by atoms with Crippen LogP contribution in [-0.4, -0.2) is 66.2 Å². The fourth-order valence-electron chi connectivity index (χ4n) is 9.22. The predicted octanol–water partition coefficient (Wildman–Crippen LogP) is -0.0327. The van der Waals surface area contributed by atoms with Crippen LogP contribution in [0.1, 0.15) is 83.8 Å². The topological polar surface area (TPSA) is 197 Å². The summed E-state index contributed by atoms with van der Waals surface area (Å²) in [7, 11) is -7.61. The van der Waals surface area contributed by atoms with E-state index >= 15 is 0 Å². The molecule has 0 spiro atoms. The van der Waals surface area contributed by atoms with E-state index in [2.05, 4.69) is 69.1 Å². The summed E-state index contributed by atoms with van der Waals surface area (Å²) >= 11 is 0.565. The van der Waals surface area contributed by atoms with Crippen molar-refractivity contribution >= 4 is 76.9 Å². The van der Waals surface area contributed by atoms with Gasteiger partial charge in [0, 0.05) is 46.3 Å². The van der Waals surface area contributed by atoms with Gasteiger partial charge in [-0.3, -0.25) is 4.79 Å². The normalized spacial score (nSPS) is 17.9. The SMILES string of the molecule is C[N+]1=C(/C=C/C2=CC(=C/C=C3/N(CCCCCC(=O)O)c4ccc5c(S(=O)(=O)[O-])cc(SOOO)cc5c4C3(C)C)/CCC2)C(C)(C)c2c1ccc1[c-]cc(S(=O)(=O)[O-])cc21.[K+].[K+].[K+]. The zero-order valence-electron chi connectivity index (χ0n) is 37.4. The van der Waals surface area contributed by atoms with Crippen molar-refractivity contribution in [1.29, 1.82) is 0 Å². The van der Waals surface area contributed by atoms with E-state index in [1.54, 1.807) is 12.1 Å². The van der Waals surface area contributed by atoms with Crippen LogP contribution in [0.4, 0.5) is 11.4 Å². The van der Waals surface area contributed by atoms with Crippen LogP contribution in [0, 0.1) is 6.07 Å². The molecule has 0 fully saturated rings. The number of carboxylic acids is 1. The minimum atomic E-state index is -4.92. The summed E-state index contributed by atoms with van der Waals surface area (Å²) in [6, 6.07) is 15.9. The third-order valence-corrected chi connectivity index (χ3v) is 14.2. The zero-order chi connectivity index (χ0) is 44.1. The first kappa shape index (κ1) is 56.8. The van der Waals surface area contributed by atoms with Gasteiger partial charge in [-0.2, -0.15) is 4.58 Å². The largest absolute Gasteiger partial charge is 1.00 e. The van der Waals surface area contributed by atoms with Crippen molar-refractivity contribution in [2.45, 2.75) is 98.2 Å². The predicted molar refractivity (Wildman–Crippen MR) is 231 cm³/mol. The van der Waals surface area contributed by atoms with Crippen molar-refractivity contribution < 1.29 is 209 Å². The Morgan fingerprint density at radius 1 is 0.891 bits per heavy atom. The maximum Gasteiger partial charge on any atom is 1.00 e. The van der Waals surface area contributed by atoms with Gasteiger partial charge in [0.25, 0.3) is 0 Å². The summed E-state index contributed by atoms with van der Waals surface area (Å²) in [5.41, 5.74) is 6.44. The number of hydrogen-bond acceptors (Lipinski definition) is 12. The minimum absolute atomic E-state index is 0. The van der Waals surface area contributed by atoms with Gasteiger partial charge < -0.3 is 19.1 Å².